The minimum atomic E-state index is -4.74. The lowest BCUT2D eigenvalue weighted by atomic mass is 10.1. The first-order valence-electron chi connectivity index (χ1n) is 11.2. The van der Waals surface area contributed by atoms with Crippen LogP contribution in [-0.4, -0.2) is 53.1 Å². The number of piperazine rings is 1. The summed E-state index contributed by atoms with van der Waals surface area (Å²) in [5, 5.41) is 15.0. The van der Waals surface area contributed by atoms with E-state index < -0.39 is 12.6 Å². The molecule has 5 rings (SSSR count). The summed E-state index contributed by atoms with van der Waals surface area (Å²) in [5.74, 6) is 1.19. The highest BCUT2D eigenvalue weighted by Crippen LogP contribution is 2.25. The van der Waals surface area contributed by atoms with Crippen molar-refractivity contribution < 1.29 is 22.7 Å². The van der Waals surface area contributed by atoms with Crippen molar-refractivity contribution in [1.29, 1.82) is 0 Å². The number of aromatic nitrogens is 3. The average Bonchev–Trinajstić information content (AvgIpc) is 3.47. The molecule has 1 unspecified atom stereocenters. The molecule has 2 aromatic carbocycles. The van der Waals surface area contributed by atoms with E-state index >= 15 is 0 Å². The van der Waals surface area contributed by atoms with Gasteiger partial charge in [-0.1, -0.05) is 17.3 Å². The van der Waals surface area contributed by atoms with E-state index in [9.17, 15) is 13.2 Å². The Balaban J connectivity index is 1.23. The van der Waals surface area contributed by atoms with Crippen molar-refractivity contribution in [3.8, 4) is 5.75 Å². The van der Waals surface area contributed by atoms with Crippen LogP contribution in [0.2, 0.25) is 0 Å². The molecule has 0 aliphatic carbocycles. The molecule has 2 aliphatic heterocycles. The summed E-state index contributed by atoms with van der Waals surface area (Å²) in [5.41, 5.74) is 2.84. The zero-order valence-corrected chi connectivity index (χ0v) is 18.9. The number of oxime groups is 1. The van der Waals surface area contributed by atoms with Crippen molar-refractivity contribution in [1.82, 2.24) is 25.4 Å². The number of hydrogen-bond donors (Lipinski definition) is 2. The van der Waals surface area contributed by atoms with E-state index in [4.69, 9.17) is 4.84 Å². The second-order valence-corrected chi connectivity index (χ2v) is 8.22. The van der Waals surface area contributed by atoms with Gasteiger partial charge in [0.15, 0.2) is 5.84 Å². The Morgan fingerprint density at radius 1 is 1.11 bits per heavy atom. The SMILES string of the molecule is Cc1nc(C2NC(c3ccc(OC(F)(F)F)cc3)=NO2)nn1Cc1cccc(N2CCNCC2)c1. The van der Waals surface area contributed by atoms with Crippen LogP contribution < -0.4 is 20.3 Å². The molecule has 35 heavy (non-hydrogen) atoms. The highest BCUT2D eigenvalue weighted by Gasteiger charge is 2.31. The quantitative estimate of drug-likeness (QED) is 0.553. The molecule has 3 heterocycles. The average molecular weight is 487 g/mol. The van der Waals surface area contributed by atoms with Crippen molar-refractivity contribution in [2.75, 3.05) is 31.1 Å². The highest BCUT2D eigenvalue weighted by atomic mass is 19.4. The number of rotatable bonds is 6. The Kier molecular flexibility index (Phi) is 6.20. The summed E-state index contributed by atoms with van der Waals surface area (Å²) in [4.78, 5) is 12.3. The van der Waals surface area contributed by atoms with E-state index in [2.05, 4.69) is 53.7 Å². The van der Waals surface area contributed by atoms with Crippen molar-refractivity contribution in [3.05, 3.63) is 71.3 Å². The number of anilines is 1. The summed E-state index contributed by atoms with van der Waals surface area (Å²) < 4.78 is 42.8. The summed E-state index contributed by atoms with van der Waals surface area (Å²) >= 11 is 0. The molecule has 2 aliphatic rings. The van der Waals surface area contributed by atoms with Gasteiger partial charge in [-0.2, -0.15) is 0 Å². The Morgan fingerprint density at radius 3 is 2.63 bits per heavy atom. The molecule has 184 valence electrons. The fraction of sp³-hybridized carbons (Fsp3) is 0.348. The van der Waals surface area contributed by atoms with Gasteiger partial charge in [-0.15, -0.1) is 18.3 Å². The molecular weight excluding hydrogens is 463 g/mol. The summed E-state index contributed by atoms with van der Waals surface area (Å²) in [6, 6.07) is 13.7. The van der Waals surface area contributed by atoms with Gasteiger partial charge in [0.1, 0.15) is 11.6 Å². The number of alkyl halides is 3. The number of aryl methyl sites for hydroxylation is 1. The van der Waals surface area contributed by atoms with Crippen molar-refractivity contribution in [3.63, 3.8) is 0 Å². The molecule has 2 N–H and O–H groups in total. The Hall–Kier alpha value is -3.80. The first-order valence-corrected chi connectivity index (χ1v) is 11.2. The van der Waals surface area contributed by atoms with Gasteiger partial charge in [-0.05, 0) is 48.9 Å². The van der Waals surface area contributed by atoms with Crippen molar-refractivity contribution >= 4 is 11.5 Å². The maximum absolute atomic E-state index is 12.4. The van der Waals surface area contributed by atoms with Crippen molar-refractivity contribution in [2.45, 2.75) is 26.1 Å². The lowest BCUT2D eigenvalue weighted by Crippen LogP contribution is -2.43. The summed E-state index contributed by atoms with van der Waals surface area (Å²) in [6.45, 7) is 6.31. The van der Waals surface area contributed by atoms with Crippen molar-refractivity contribution in [2.24, 2.45) is 5.16 Å². The van der Waals surface area contributed by atoms with E-state index in [0.717, 1.165) is 37.6 Å². The van der Waals surface area contributed by atoms with E-state index in [1.165, 1.54) is 30.0 Å². The topological polar surface area (TPSA) is 88.8 Å². The molecule has 3 aromatic rings. The van der Waals surface area contributed by atoms with Crippen LogP contribution >= 0.6 is 0 Å². The van der Waals surface area contributed by atoms with E-state index in [0.29, 0.717) is 23.8 Å². The molecule has 1 saturated heterocycles. The van der Waals surface area contributed by atoms with Gasteiger partial charge in [-0.25, -0.2) is 9.67 Å². The molecular formula is C23H24F3N7O2. The molecule has 1 atom stereocenters. The van der Waals surface area contributed by atoms with Gasteiger partial charge in [0.25, 0.3) is 6.23 Å². The Labute approximate surface area is 199 Å². The Morgan fingerprint density at radius 2 is 1.89 bits per heavy atom. The van der Waals surface area contributed by atoms with Gasteiger partial charge in [-0.3, -0.25) is 0 Å². The Bertz CT molecular complexity index is 1200. The van der Waals surface area contributed by atoms with Gasteiger partial charge in [0.2, 0.25) is 5.82 Å². The first-order chi connectivity index (χ1) is 16.8. The molecule has 0 radical (unpaired) electrons. The van der Waals surface area contributed by atoms with Crippen LogP contribution in [0.1, 0.15) is 29.0 Å². The predicted octanol–water partition coefficient (Wildman–Crippen LogP) is 2.92. The smallest absolute Gasteiger partial charge is 0.406 e. The predicted molar refractivity (Wildman–Crippen MR) is 122 cm³/mol. The van der Waals surface area contributed by atoms with E-state index in [-0.39, 0.29) is 5.75 Å². The van der Waals surface area contributed by atoms with Crippen LogP contribution in [0.15, 0.2) is 53.7 Å². The van der Waals surface area contributed by atoms with Crippen LogP contribution in [0, 0.1) is 6.92 Å². The van der Waals surface area contributed by atoms with Crippen LogP contribution in [0.25, 0.3) is 0 Å². The monoisotopic (exact) mass is 487 g/mol. The molecule has 0 spiro atoms. The van der Waals surface area contributed by atoms with Crippen LogP contribution in [0.4, 0.5) is 18.9 Å². The maximum Gasteiger partial charge on any atom is 0.573 e. The normalized spacial score (nSPS) is 18.1. The number of nitrogens with one attached hydrogen (secondary N) is 2. The minimum absolute atomic E-state index is 0.311. The lowest BCUT2D eigenvalue weighted by Gasteiger charge is -2.29. The van der Waals surface area contributed by atoms with Gasteiger partial charge in [0, 0.05) is 37.4 Å². The number of hydrogen-bond acceptors (Lipinski definition) is 8. The highest BCUT2D eigenvalue weighted by molar-refractivity contribution is 5.99. The third-order valence-electron chi connectivity index (χ3n) is 5.71. The largest absolute Gasteiger partial charge is 0.573 e. The third kappa shape index (κ3) is 5.48. The fourth-order valence-electron chi connectivity index (χ4n) is 3.99. The fourth-order valence-corrected chi connectivity index (χ4v) is 3.99. The maximum atomic E-state index is 12.4. The van der Waals surface area contributed by atoms with E-state index in [1.807, 2.05) is 13.0 Å². The molecule has 12 heteroatoms. The van der Waals surface area contributed by atoms with Gasteiger partial charge in [0.05, 0.1) is 6.54 Å². The molecule has 0 saturated carbocycles. The zero-order valence-electron chi connectivity index (χ0n) is 18.9. The second-order valence-electron chi connectivity index (χ2n) is 8.22. The summed E-state index contributed by atoms with van der Waals surface area (Å²) in [7, 11) is 0. The lowest BCUT2D eigenvalue weighted by molar-refractivity contribution is -0.274. The van der Waals surface area contributed by atoms with Gasteiger partial charge < -0.3 is 25.1 Å². The molecule has 0 bridgehead atoms. The number of benzene rings is 2. The standard InChI is InChI=1S/C23H24F3N7O2/c1-15-28-21(22-29-20(31-35-22)17-5-7-19(8-6-17)34-23(24,25)26)30-33(15)14-16-3-2-4-18(13-16)32-11-9-27-10-12-32/h2-8,13,22,27H,9-12,14H2,1H3,(H,29,31). The molecule has 1 aromatic heterocycles. The number of halogens is 3. The first kappa shape index (κ1) is 23.0. The van der Waals surface area contributed by atoms with Crippen LogP contribution in [0.3, 0.4) is 0 Å². The number of nitrogens with zero attached hydrogens (tertiary/aromatic N) is 5. The van der Waals surface area contributed by atoms with Crippen LogP contribution in [-0.2, 0) is 11.4 Å². The number of amidine groups is 1. The van der Waals surface area contributed by atoms with Crippen LogP contribution in [0.5, 0.6) is 5.75 Å². The summed E-state index contributed by atoms with van der Waals surface area (Å²) in [6.07, 6.45) is -5.45. The van der Waals surface area contributed by atoms with Gasteiger partial charge >= 0.3 is 6.36 Å². The number of ether oxygens (including phenoxy) is 1. The molecule has 9 nitrogen and oxygen atoms in total. The second kappa shape index (κ2) is 9.45. The molecule has 1 fully saturated rings. The zero-order chi connectivity index (χ0) is 24.4. The third-order valence-corrected chi connectivity index (χ3v) is 5.71. The minimum Gasteiger partial charge on any atom is -0.406 e. The van der Waals surface area contributed by atoms with E-state index in [1.54, 1.807) is 4.68 Å². The molecule has 0 amide bonds.